The molecule has 2 nitrogen and oxygen atoms in total. The third kappa shape index (κ3) is 5.89. The van der Waals surface area contributed by atoms with Crippen LogP contribution in [0.1, 0.15) is 76.7 Å². The molecule has 4 heteroatoms. The van der Waals surface area contributed by atoms with Gasteiger partial charge < -0.3 is 9.47 Å². The Bertz CT molecular complexity index is 937. The van der Waals surface area contributed by atoms with Crippen LogP contribution in [0.25, 0.3) is 11.1 Å². The van der Waals surface area contributed by atoms with E-state index in [0.29, 0.717) is 30.1 Å². The largest absolute Gasteiger partial charge is 0.491 e. The molecule has 184 valence electrons. The van der Waals surface area contributed by atoms with Crippen molar-refractivity contribution in [3.8, 4) is 16.9 Å². The summed E-state index contributed by atoms with van der Waals surface area (Å²) in [5.41, 5.74) is 2.27. The van der Waals surface area contributed by atoms with E-state index in [2.05, 4.69) is 31.2 Å². The summed E-state index contributed by atoms with van der Waals surface area (Å²) < 4.78 is 40.2. The van der Waals surface area contributed by atoms with Crippen molar-refractivity contribution in [2.75, 3.05) is 13.2 Å². The van der Waals surface area contributed by atoms with Crippen molar-refractivity contribution < 1.29 is 18.3 Å². The Morgan fingerprint density at radius 3 is 2.29 bits per heavy atom. The molecule has 1 aliphatic heterocycles. The molecule has 1 heterocycles. The van der Waals surface area contributed by atoms with Crippen molar-refractivity contribution in [1.29, 1.82) is 0 Å². The lowest BCUT2D eigenvalue weighted by atomic mass is 9.72. The zero-order chi connectivity index (χ0) is 23.9. The predicted molar refractivity (Wildman–Crippen MR) is 134 cm³/mol. The van der Waals surface area contributed by atoms with Crippen LogP contribution in [-0.4, -0.2) is 19.3 Å². The van der Waals surface area contributed by atoms with E-state index in [1.807, 2.05) is 12.1 Å². The van der Waals surface area contributed by atoms with Gasteiger partial charge in [0.15, 0.2) is 11.6 Å². The molecule has 4 rings (SSSR count). The molecule has 1 saturated carbocycles. The van der Waals surface area contributed by atoms with Gasteiger partial charge in [0, 0.05) is 5.56 Å². The molecule has 2 unspecified atom stereocenters. The first-order valence-corrected chi connectivity index (χ1v) is 13.0. The number of ether oxygens (including phenoxy) is 2. The number of halogens is 2. The maximum atomic E-state index is 14.6. The van der Waals surface area contributed by atoms with Crippen LogP contribution in [0.4, 0.5) is 8.78 Å². The lowest BCUT2D eigenvalue weighted by Crippen LogP contribution is -2.32. The molecule has 1 saturated heterocycles. The van der Waals surface area contributed by atoms with Crippen molar-refractivity contribution in [2.45, 2.75) is 77.2 Å². The number of rotatable bonds is 8. The van der Waals surface area contributed by atoms with Gasteiger partial charge in [-0.25, -0.2) is 4.39 Å². The highest BCUT2D eigenvalue weighted by atomic mass is 19.2. The second-order valence-corrected chi connectivity index (χ2v) is 9.85. The minimum Gasteiger partial charge on any atom is -0.491 e. The molecule has 0 bridgehead atoms. The van der Waals surface area contributed by atoms with E-state index in [-0.39, 0.29) is 11.3 Å². The zero-order valence-electron chi connectivity index (χ0n) is 20.6. The van der Waals surface area contributed by atoms with Gasteiger partial charge in [-0.05, 0) is 106 Å². The summed E-state index contributed by atoms with van der Waals surface area (Å²) in [5.74, 6) is 0.220. The molecule has 0 aromatic heterocycles. The van der Waals surface area contributed by atoms with Crippen LogP contribution in [0.3, 0.4) is 0 Å². The molecule has 0 radical (unpaired) electrons. The van der Waals surface area contributed by atoms with E-state index >= 15 is 0 Å². The highest BCUT2D eigenvalue weighted by molar-refractivity contribution is 5.65. The van der Waals surface area contributed by atoms with E-state index in [9.17, 15) is 8.78 Å². The van der Waals surface area contributed by atoms with Gasteiger partial charge in [0.1, 0.15) is 0 Å². The average molecular weight is 469 g/mol. The highest BCUT2D eigenvalue weighted by Crippen LogP contribution is 2.42. The quantitative estimate of drug-likeness (QED) is 0.362. The van der Waals surface area contributed by atoms with Gasteiger partial charge in [-0.1, -0.05) is 36.4 Å². The molecule has 0 N–H and O–H groups in total. The molecule has 2 aromatic carbocycles. The van der Waals surface area contributed by atoms with E-state index < -0.39 is 11.6 Å². The van der Waals surface area contributed by atoms with Gasteiger partial charge in [0.2, 0.25) is 5.82 Å². The van der Waals surface area contributed by atoms with Crippen molar-refractivity contribution in [1.82, 2.24) is 0 Å². The first-order valence-electron chi connectivity index (χ1n) is 13.0. The third-order valence-corrected chi connectivity index (χ3v) is 7.77. The van der Waals surface area contributed by atoms with Gasteiger partial charge in [0.05, 0.1) is 19.3 Å². The van der Waals surface area contributed by atoms with E-state index in [1.54, 1.807) is 13.0 Å². The van der Waals surface area contributed by atoms with E-state index in [4.69, 9.17) is 9.47 Å². The molecule has 2 aromatic rings. The fraction of sp³-hybridized carbons (Fsp3) is 0.533. The van der Waals surface area contributed by atoms with E-state index in [1.165, 1.54) is 50.2 Å². The Balaban J connectivity index is 1.30. The van der Waals surface area contributed by atoms with Crippen LogP contribution < -0.4 is 4.74 Å². The first-order chi connectivity index (χ1) is 16.6. The van der Waals surface area contributed by atoms with Crippen LogP contribution in [0.2, 0.25) is 0 Å². The Morgan fingerprint density at radius 1 is 0.912 bits per heavy atom. The summed E-state index contributed by atoms with van der Waals surface area (Å²) >= 11 is 0. The summed E-state index contributed by atoms with van der Waals surface area (Å²) in [6.07, 6.45) is 14.5. The molecular weight excluding hydrogens is 430 g/mol. The molecule has 1 aliphatic carbocycles. The number of benzene rings is 2. The monoisotopic (exact) mass is 468 g/mol. The number of hydrogen-bond acceptors (Lipinski definition) is 2. The fourth-order valence-corrected chi connectivity index (χ4v) is 5.76. The maximum absolute atomic E-state index is 14.6. The average Bonchev–Trinajstić information content (AvgIpc) is 2.88. The summed E-state index contributed by atoms with van der Waals surface area (Å²) in [7, 11) is 0. The molecule has 34 heavy (non-hydrogen) atoms. The standard InChI is InChI=1S/C30H38F2O2/c1-3-5-6-7-26-17-16-25(20-34-26)23-10-8-21(9-11-23)22-12-14-24(15-13-22)27-18-19-28(33-4-2)30(32)29(27)31/h3,5,12-15,18-19,21,23,25-26H,4,6-11,16-17,20H2,1-2H3. The van der Waals surface area contributed by atoms with Crippen LogP contribution in [0.5, 0.6) is 5.75 Å². The van der Waals surface area contributed by atoms with Gasteiger partial charge in [0.25, 0.3) is 0 Å². The predicted octanol–water partition coefficient (Wildman–Crippen LogP) is 8.46. The third-order valence-electron chi connectivity index (χ3n) is 7.77. The van der Waals surface area contributed by atoms with Crippen molar-refractivity contribution in [3.05, 3.63) is 65.7 Å². The summed E-state index contributed by atoms with van der Waals surface area (Å²) in [5, 5.41) is 0. The first kappa shape index (κ1) is 24.9. The Kier molecular flexibility index (Phi) is 8.77. The van der Waals surface area contributed by atoms with Gasteiger partial charge in [-0.3, -0.25) is 0 Å². The fourth-order valence-electron chi connectivity index (χ4n) is 5.76. The second kappa shape index (κ2) is 12.0. The molecular formula is C30H38F2O2. The lowest BCUT2D eigenvalue weighted by Gasteiger charge is -2.38. The molecule has 2 atom stereocenters. The summed E-state index contributed by atoms with van der Waals surface area (Å²) in [4.78, 5) is 0. The normalized spacial score (nSPS) is 25.5. The number of allylic oxidation sites excluding steroid dienone is 2. The van der Waals surface area contributed by atoms with Crippen molar-refractivity contribution >= 4 is 0 Å². The molecule has 0 spiro atoms. The van der Waals surface area contributed by atoms with Crippen LogP contribution in [0, 0.1) is 23.5 Å². The van der Waals surface area contributed by atoms with Crippen LogP contribution in [-0.2, 0) is 4.74 Å². The van der Waals surface area contributed by atoms with Crippen molar-refractivity contribution in [2.24, 2.45) is 11.8 Å². The minimum absolute atomic E-state index is 0.0373. The topological polar surface area (TPSA) is 18.5 Å². The highest BCUT2D eigenvalue weighted by Gasteiger charge is 2.31. The number of hydrogen-bond donors (Lipinski definition) is 0. The maximum Gasteiger partial charge on any atom is 0.201 e. The van der Waals surface area contributed by atoms with Crippen LogP contribution in [0.15, 0.2) is 48.6 Å². The Labute approximate surface area is 203 Å². The van der Waals surface area contributed by atoms with Gasteiger partial charge >= 0.3 is 0 Å². The zero-order valence-corrected chi connectivity index (χ0v) is 20.6. The Hall–Kier alpha value is -2.20. The van der Waals surface area contributed by atoms with Crippen molar-refractivity contribution in [3.63, 3.8) is 0 Å². The SMILES string of the molecule is CC=CCCC1CCC(C2CCC(c3ccc(-c4ccc(OCC)c(F)c4F)cc3)CC2)CO1. The summed E-state index contributed by atoms with van der Waals surface area (Å²) in [6.45, 7) is 5.06. The lowest BCUT2D eigenvalue weighted by molar-refractivity contribution is -0.0401. The van der Waals surface area contributed by atoms with E-state index in [0.717, 1.165) is 25.4 Å². The molecule has 0 amide bonds. The van der Waals surface area contributed by atoms with Gasteiger partial charge in [-0.2, -0.15) is 4.39 Å². The minimum atomic E-state index is -0.919. The van der Waals surface area contributed by atoms with Gasteiger partial charge in [-0.15, -0.1) is 0 Å². The summed E-state index contributed by atoms with van der Waals surface area (Å²) in [6, 6.07) is 11.1. The molecule has 2 aliphatic rings. The molecule has 2 fully saturated rings. The van der Waals surface area contributed by atoms with Crippen LogP contribution >= 0.6 is 0 Å². The second-order valence-electron chi connectivity index (χ2n) is 9.85. The Morgan fingerprint density at radius 2 is 1.65 bits per heavy atom. The smallest absolute Gasteiger partial charge is 0.201 e.